The first kappa shape index (κ1) is 18.6. The molecule has 1 saturated heterocycles. The van der Waals surface area contributed by atoms with Crippen LogP contribution in [0.25, 0.3) is 9.53 Å². The van der Waals surface area contributed by atoms with E-state index in [2.05, 4.69) is 39.3 Å². The summed E-state index contributed by atoms with van der Waals surface area (Å²) in [5.41, 5.74) is 0. The zero-order valence-electron chi connectivity index (χ0n) is 15.0. The predicted octanol–water partition coefficient (Wildman–Crippen LogP) is 2.23. The highest BCUT2D eigenvalue weighted by Crippen LogP contribution is 2.34. The summed E-state index contributed by atoms with van der Waals surface area (Å²) in [6.07, 6.45) is 0.996. The summed E-state index contributed by atoms with van der Waals surface area (Å²) < 4.78 is 1.11. The third kappa shape index (κ3) is 4.69. The lowest BCUT2D eigenvalue weighted by atomic mass is 10.3. The molecule has 138 valence electrons. The topological polar surface area (TPSA) is 60.5 Å². The number of amides is 1. The van der Waals surface area contributed by atoms with Crippen molar-refractivity contribution in [3.05, 3.63) is 10.9 Å². The first-order valence-electron chi connectivity index (χ1n) is 9.07. The molecule has 6 nitrogen and oxygen atoms in total. The molecule has 25 heavy (non-hydrogen) atoms. The first-order chi connectivity index (χ1) is 12.2. The second-order valence-electron chi connectivity index (χ2n) is 6.15. The van der Waals surface area contributed by atoms with E-state index < -0.39 is 0 Å². The van der Waals surface area contributed by atoms with Crippen molar-refractivity contribution in [1.29, 1.82) is 0 Å². The Morgan fingerprint density at radius 3 is 2.76 bits per heavy atom. The standard InChI is InChI=1S/C17H27N5OS2/c1-3-22(4-2)17-20-16-14(25-17)12-13(24-16)15(23)19-6-5-9-21-10-7-18-8-11-21/h12,18H,3-11H2,1-2H3,(H,19,23). The van der Waals surface area contributed by atoms with Crippen molar-refractivity contribution in [3.8, 4) is 0 Å². The molecule has 0 unspecified atom stereocenters. The van der Waals surface area contributed by atoms with Crippen molar-refractivity contribution >= 4 is 43.2 Å². The molecule has 0 aromatic carbocycles. The van der Waals surface area contributed by atoms with Crippen LogP contribution >= 0.6 is 22.7 Å². The van der Waals surface area contributed by atoms with Crippen LogP contribution in [0.4, 0.5) is 5.13 Å². The maximum Gasteiger partial charge on any atom is 0.261 e. The lowest BCUT2D eigenvalue weighted by Crippen LogP contribution is -2.44. The summed E-state index contributed by atoms with van der Waals surface area (Å²) >= 11 is 3.17. The van der Waals surface area contributed by atoms with Crippen LogP contribution in [-0.4, -0.2) is 68.1 Å². The molecule has 2 aromatic heterocycles. The van der Waals surface area contributed by atoms with Gasteiger partial charge in [0.05, 0.1) is 9.58 Å². The van der Waals surface area contributed by atoms with Gasteiger partial charge < -0.3 is 20.4 Å². The van der Waals surface area contributed by atoms with Crippen molar-refractivity contribution in [2.24, 2.45) is 0 Å². The Hall–Kier alpha value is -1.22. The van der Waals surface area contributed by atoms with Gasteiger partial charge in [-0.2, -0.15) is 0 Å². The number of carbonyl (C=O) groups excluding carboxylic acids is 1. The number of nitrogens with one attached hydrogen (secondary N) is 2. The smallest absolute Gasteiger partial charge is 0.261 e. The summed E-state index contributed by atoms with van der Waals surface area (Å²) in [5, 5.41) is 7.45. The SMILES string of the molecule is CCN(CC)c1nc2sc(C(=O)NCCCN3CCNCC3)cc2s1. The van der Waals surface area contributed by atoms with Crippen LogP contribution in [0, 0.1) is 0 Å². The number of hydrogen-bond donors (Lipinski definition) is 2. The quantitative estimate of drug-likeness (QED) is 0.687. The number of anilines is 1. The first-order valence-corrected chi connectivity index (χ1v) is 10.7. The normalized spacial score (nSPS) is 15.6. The largest absolute Gasteiger partial charge is 0.351 e. The Morgan fingerprint density at radius 1 is 1.32 bits per heavy atom. The molecule has 0 atom stereocenters. The van der Waals surface area contributed by atoms with E-state index in [0.29, 0.717) is 0 Å². The molecule has 3 rings (SSSR count). The molecular weight excluding hydrogens is 354 g/mol. The van der Waals surface area contributed by atoms with Crippen LogP contribution in [0.15, 0.2) is 6.07 Å². The molecule has 1 amide bonds. The van der Waals surface area contributed by atoms with Crippen molar-refractivity contribution in [3.63, 3.8) is 0 Å². The maximum absolute atomic E-state index is 12.3. The number of carbonyl (C=O) groups is 1. The van der Waals surface area contributed by atoms with E-state index in [9.17, 15) is 4.79 Å². The Bertz CT molecular complexity index is 657. The van der Waals surface area contributed by atoms with Crippen LogP contribution < -0.4 is 15.5 Å². The number of rotatable bonds is 8. The molecule has 0 spiro atoms. The van der Waals surface area contributed by atoms with Gasteiger partial charge in [0.25, 0.3) is 5.91 Å². The minimum absolute atomic E-state index is 0.0277. The third-order valence-corrected chi connectivity index (χ3v) is 6.70. The highest BCUT2D eigenvalue weighted by molar-refractivity contribution is 7.29. The molecule has 0 bridgehead atoms. The zero-order chi connectivity index (χ0) is 17.6. The minimum Gasteiger partial charge on any atom is -0.351 e. The van der Waals surface area contributed by atoms with Gasteiger partial charge >= 0.3 is 0 Å². The van der Waals surface area contributed by atoms with E-state index in [4.69, 9.17) is 0 Å². The van der Waals surface area contributed by atoms with E-state index in [1.54, 1.807) is 11.3 Å². The number of fused-ring (bicyclic) bond motifs is 1. The van der Waals surface area contributed by atoms with Crippen LogP contribution in [0.3, 0.4) is 0 Å². The summed E-state index contributed by atoms with van der Waals surface area (Å²) in [4.78, 5) is 23.4. The summed E-state index contributed by atoms with van der Waals surface area (Å²) in [7, 11) is 0. The van der Waals surface area contributed by atoms with Gasteiger partial charge in [-0.05, 0) is 32.9 Å². The number of thiazole rings is 1. The molecule has 8 heteroatoms. The van der Waals surface area contributed by atoms with Crippen LogP contribution in [0.2, 0.25) is 0 Å². The summed E-state index contributed by atoms with van der Waals surface area (Å²) in [6.45, 7) is 12.3. The fourth-order valence-corrected chi connectivity index (χ4v) is 5.25. The Labute approximate surface area is 157 Å². The fourth-order valence-electron chi connectivity index (χ4n) is 2.99. The molecule has 1 aliphatic rings. The third-order valence-electron chi connectivity index (χ3n) is 4.48. The van der Waals surface area contributed by atoms with Crippen molar-refractivity contribution in [2.75, 3.05) is 57.3 Å². The van der Waals surface area contributed by atoms with Gasteiger partial charge in [0.2, 0.25) is 0 Å². The van der Waals surface area contributed by atoms with Gasteiger partial charge in [-0.15, -0.1) is 11.3 Å². The Kier molecular flexibility index (Phi) is 6.63. The average molecular weight is 382 g/mol. The highest BCUT2D eigenvalue weighted by atomic mass is 32.1. The molecule has 2 N–H and O–H groups in total. The van der Waals surface area contributed by atoms with Gasteiger partial charge in [0.15, 0.2) is 5.13 Å². The summed E-state index contributed by atoms with van der Waals surface area (Å²) in [5.74, 6) is 0.0277. The van der Waals surface area contributed by atoms with Crippen molar-refractivity contribution in [1.82, 2.24) is 20.5 Å². The number of thiophene rings is 1. The van der Waals surface area contributed by atoms with Gasteiger partial charge in [0, 0.05) is 45.8 Å². The average Bonchev–Trinajstić information content (AvgIpc) is 3.20. The van der Waals surface area contributed by atoms with E-state index in [1.165, 1.54) is 11.3 Å². The van der Waals surface area contributed by atoms with E-state index in [-0.39, 0.29) is 5.91 Å². The number of nitrogens with zero attached hydrogens (tertiary/aromatic N) is 3. The zero-order valence-corrected chi connectivity index (χ0v) is 16.6. The lowest BCUT2D eigenvalue weighted by Gasteiger charge is -2.27. The molecule has 3 heterocycles. The van der Waals surface area contributed by atoms with Crippen molar-refractivity contribution < 1.29 is 4.79 Å². The van der Waals surface area contributed by atoms with E-state index in [0.717, 1.165) is 78.3 Å². The number of piperazine rings is 1. The Balaban J connectivity index is 1.49. The number of aromatic nitrogens is 1. The fraction of sp³-hybridized carbons (Fsp3) is 0.647. The molecule has 1 fully saturated rings. The van der Waals surface area contributed by atoms with E-state index >= 15 is 0 Å². The molecule has 0 aliphatic carbocycles. The molecule has 0 radical (unpaired) electrons. The lowest BCUT2D eigenvalue weighted by molar-refractivity contribution is 0.0955. The molecular formula is C17H27N5OS2. The Morgan fingerprint density at radius 2 is 2.08 bits per heavy atom. The van der Waals surface area contributed by atoms with Gasteiger partial charge in [0.1, 0.15) is 4.83 Å². The van der Waals surface area contributed by atoms with Crippen LogP contribution in [0.5, 0.6) is 0 Å². The van der Waals surface area contributed by atoms with E-state index in [1.807, 2.05) is 6.07 Å². The van der Waals surface area contributed by atoms with Gasteiger partial charge in [-0.3, -0.25) is 4.79 Å². The van der Waals surface area contributed by atoms with Crippen LogP contribution in [-0.2, 0) is 0 Å². The van der Waals surface area contributed by atoms with Crippen molar-refractivity contribution in [2.45, 2.75) is 20.3 Å². The van der Waals surface area contributed by atoms with Crippen LogP contribution in [0.1, 0.15) is 29.9 Å². The second-order valence-corrected chi connectivity index (χ2v) is 8.19. The minimum atomic E-state index is 0.0277. The summed E-state index contributed by atoms with van der Waals surface area (Å²) in [6, 6.07) is 1.98. The highest BCUT2D eigenvalue weighted by Gasteiger charge is 2.16. The molecule has 2 aromatic rings. The molecule has 0 saturated carbocycles. The predicted molar refractivity (Wildman–Crippen MR) is 107 cm³/mol. The van der Waals surface area contributed by atoms with Gasteiger partial charge in [-0.1, -0.05) is 11.3 Å². The van der Waals surface area contributed by atoms with Gasteiger partial charge in [-0.25, -0.2) is 4.98 Å². The monoisotopic (exact) mass is 381 g/mol. The molecule has 1 aliphatic heterocycles. The second kappa shape index (κ2) is 8.93. The maximum atomic E-state index is 12.3. The number of hydrogen-bond acceptors (Lipinski definition) is 7.